The Hall–Kier alpha value is -2.49. The summed E-state index contributed by atoms with van der Waals surface area (Å²) in [5.41, 5.74) is 2.10. The number of amidine groups is 1. The molecule has 0 saturated heterocycles. The highest BCUT2D eigenvalue weighted by molar-refractivity contribution is 5.97. The number of ether oxygens (including phenoxy) is 1. The van der Waals surface area contributed by atoms with Crippen molar-refractivity contribution in [2.45, 2.75) is 13.2 Å². The van der Waals surface area contributed by atoms with Crippen molar-refractivity contribution < 1.29 is 9.57 Å². The van der Waals surface area contributed by atoms with Crippen molar-refractivity contribution in [2.75, 3.05) is 12.0 Å². The number of nitrogens with zero attached hydrogens (tertiary/aromatic N) is 2. The fraction of sp³-hybridized carbons (Fsp3) is 0.188. The maximum absolute atomic E-state index is 5.56. The van der Waals surface area contributed by atoms with Gasteiger partial charge in [-0.25, -0.2) is 0 Å². The molecule has 4 nitrogen and oxygen atoms in total. The quantitative estimate of drug-likeness (QED) is 0.853. The van der Waals surface area contributed by atoms with Crippen molar-refractivity contribution in [1.29, 1.82) is 0 Å². The summed E-state index contributed by atoms with van der Waals surface area (Å²) in [6.45, 7) is 1.94. The minimum absolute atomic E-state index is 0.218. The molecule has 0 bridgehead atoms. The lowest BCUT2D eigenvalue weighted by molar-refractivity contribution is 0.0868. The number of oxime groups is 1. The van der Waals surface area contributed by atoms with Crippen LogP contribution in [0.15, 0.2) is 59.8 Å². The second kappa shape index (κ2) is 5.25. The summed E-state index contributed by atoms with van der Waals surface area (Å²) >= 11 is 0. The fourth-order valence-electron chi connectivity index (χ4n) is 2.28. The molecule has 0 radical (unpaired) electrons. The van der Waals surface area contributed by atoms with E-state index in [1.165, 1.54) is 0 Å². The topological polar surface area (TPSA) is 34.1 Å². The molecule has 0 aromatic heterocycles. The summed E-state index contributed by atoms with van der Waals surface area (Å²) in [5, 5.41) is 4.11. The van der Waals surface area contributed by atoms with Crippen molar-refractivity contribution in [3.8, 4) is 5.75 Å². The molecule has 1 heterocycles. The van der Waals surface area contributed by atoms with Crippen LogP contribution in [0.25, 0.3) is 0 Å². The highest BCUT2D eigenvalue weighted by Crippen LogP contribution is 2.33. The molecule has 0 saturated carbocycles. The van der Waals surface area contributed by atoms with Crippen LogP contribution < -0.4 is 9.64 Å². The van der Waals surface area contributed by atoms with Gasteiger partial charge in [-0.05, 0) is 31.2 Å². The highest BCUT2D eigenvalue weighted by Gasteiger charge is 2.30. The average molecular weight is 268 g/mol. The van der Waals surface area contributed by atoms with Crippen molar-refractivity contribution in [2.24, 2.45) is 5.16 Å². The number of hydrogen-bond acceptors (Lipinski definition) is 4. The van der Waals surface area contributed by atoms with Crippen LogP contribution in [-0.4, -0.2) is 12.9 Å². The number of methoxy groups -OCH3 is 1. The average Bonchev–Trinajstić information content (AvgIpc) is 2.90. The van der Waals surface area contributed by atoms with Crippen molar-refractivity contribution in [1.82, 2.24) is 0 Å². The van der Waals surface area contributed by atoms with Gasteiger partial charge in [0.05, 0.1) is 7.11 Å². The van der Waals surface area contributed by atoms with E-state index in [1.807, 2.05) is 61.5 Å². The standard InChI is InChI=1S/C16H16N2O2/c1-12-17-20-16(13-6-4-3-5-7-13)18(12)14-8-10-15(19-2)11-9-14/h3-11,16H,1-2H3. The van der Waals surface area contributed by atoms with Gasteiger partial charge in [-0.15, -0.1) is 0 Å². The SMILES string of the molecule is COc1ccc(N2C(C)=NOC2c2ccccc2)cc1. The molecule has 20 heavy (non-hydrogen) atoms. The second-order valence-electron chi connectivity index (χ2n) is 4.57. The van der Waals surface area contributed by atoms with Crippen LogP contribution >= 0.6 is 0 Å². The van der Waals surface area contributed by atoms with Crippen LogP contribution in [0.2, 0.25) is 0 Å². The number of hydrogen-bond donors (Lipinski definition) is 0. The van der Waals surface area contributed by atoms with E-state index in [2.05, 4.69) is 10.1 Å². The number of benzene rings is 2. The third-order valence-electron chi connectivity index (χ3n) is 3.30. The molecule has 0 N–H and O–H groups in total. The molecular weight excluding hydrogens is 252 g/mol. The Labute approximate surface area is 118 Å². The normalized spacial score (nSPS) is 17.6. The Morgan fingerprint density at radius 2 is 1.75 bits per heavy atom. The third kappa shape index (κ3) is 2.20. The number of rotatable bonds is 3. The molecule has 2 aromatic carbocycles. The molecule has 2 aromatic rings. The lowest BCUT2D eigenvalue weighted by atomic mass is 10.1. The summed E-state index contributed by atoms with van der Waals surface area (Å²) in [7, 11) is 1.66. The van der Waals surface area contributed by atoms with E-state index in [1.54, 1.807) is 7.11 Å². The first-order chi connectivity index (χ1) is 9.79. The summed E-state index contributed by atoms with van der Waals surface area (Å²) < 4.78 is 5.19. The lowest BCUT2D eigenvalue weighted by Crippen LogP contribution is -2.28. The van der Waals surface area contributed by atoms with Gasteiger partial charge in [0.2, 0.25) is 6.23 Å². The lowest BCUT2D eigenvalue weighted by Gasteiger charge is -2.24. The van der Waals surface area contributed by atoms with Gasteiger partial charge in [0, 0.05) is 11.3 Å². The van der Waals surface area contributed by atoms with Crippen molar-refractivity contribution in [3.05, 3.63) is 60.2 Å². The summed E-state index contributed by atoms with van der Waals surface area (Å²) in [6, 6.07) is 17.9. The largest absolute Gasteiger partial charge is 0.497 e. The summed E-state index contributed by atoms with van der Waals surface area (Å²) in [6.07, 6.45) is -0.218. The van der Waals surface area contributed by atoms with Gasteiger partial charge in [-0.3, -0.25) is 4.90 Å². The Balaban J connectivity index is 1.93. The van der Waals surface area contributed by atoms with E-state index in [0.29, 0.717) is 0 Å². The Bertz CT molecular complexity index is 608. The zero-order valence-electron chi connectivity index (χ0n) is 11.5. The molecule has 0 amide bonds. The Morgan fingerprint density at radius 3 is 2.40 bits per heavy atom. The first-order valence-corrected chi connectivity index (χ1v) is 6.48. The van der Waals surface area contributed by atoms with Crippen molar-refractivity contribution in [3.63, 3.8) is 0 Å². The van der Waals surface area contributed by atoms with E-state index in [0.717, 1.165) is 22.8 Å². The van der Waals surface area contributed by atoms with Crippen LogP contribution in [0.3, 0.4) is 0 Å². The van der Waals surface area contributed by atoms with Gasteiger partial charge >= 0.3 is 0 Å². The molecule has 0 spiro atoms. The Morgan fingerprint density at radius 1 is 1.05 bits per heavy atom. The van der Waals surface area contributed by atoms with E-state index in [9.17, 15) is 0 Å². The van der Waals surface area contributed by atoms with Crippen molar-refractivity contribution >= 4 is 11.5 Å². The van der Waals surface area contributed by atoms with Gasteiger partial charge in [-0.1, -0.05) is 35.5 Å². The third-order valence-corrected chi connectivity index (χ3v) is 3.30. The fourth-order valence-corrected chi connectivity index (χ4v) is 2.28. The molecule has 1 aliphatic rings. The van der Waals surface area contributed by atoms with Gasteiger partial charge in [0.1, 0.15) is 11.6 Å². The van der Waals surface area contributed by atoms with Crippen LogP contribution in [0.4, 0.5) is 5.69 Å². The van der Waals surface area contributed by atoms with Crippen LogP contribution in [0.1, 0.15) is 18.7 Å². The molecule has 0 fully saturated rings. The van der Waals surface area contributed by atoms with Crippen LogP contribution in [0.5, 0.6) is 5.75 Å². The predicted octanol–water partition coefficient (Wildman–Crippen LogP) is 3.56. The molecule has 102 valence electrons. The van der Waals surface area contributed by atoms with Crippen LogP contribution in [-0.2, 0) is 4.84 Å². The molecule has 0 aliphatic carbocycles. The van der Waals surface area contributed by atoms with Gasteiger partial charge in [-0.2, -0.15) is 0 Å². The minimum atomic E-state index is -0.218. The van der Waals surface area contributed by atoms with Gasteiger partial charge < -0.3 is 9.57 Å². The second-order valence-corrected chi connectivity index (χ2v) is 4.57. The molecular formula is C16H16N2O2. The van der Waals surface area contributed by atoms with E-state index < -0.39 is 0 Å². The van der Waals surface area contributed by atoms with E-state index >= 15 is 0 Å². The number of anilines is 1. The monoisotopic (exact) mass is 268 g/mol. The van der Waals surface area contributed by atoms with E-state index in [-0.39, 0.29) is 6.23 Å². The van der Waals surface area contributed by atoms with Crippen LogP contribution in [0, 0.1) is 0 Å². The minimum Gasteiger partial charge on any atom is -0.497 e. The molecule has 4 heteroatoms. The molecule has 1 aliphatic heterocycles. The van der Waals surface area contributed by atoms with E-state index in [4.69, 9.17) is 9.57 Å². The smallest absolute Gasteiger partial charge is 0.231 e. The molecule has 1 atom stereocenters. The Kier molecular flexibility index (Phi) is 3.29. The zero-order valence-corrected chi connectivity index (χ0v) is 11.5. The first kappa shape index (κ1) is 12.5. The maximum atomic E-state index is 5.56. The molecule has 1 unspecified atom stereocenters. The summed E-state index contributed by atoms with van der Waals surface area (Å²) in [5.74, 6) is 1.67. The molecule has 3 rings (SSSR count). The highest BCUT2D eigenvalue weighted by atomic mass is 16.7. The van der Waals surface area contributed by atoms with Gasteiger partial charge in [0.15, 0.2) is 0 Å². The van der Waals surface area contributed by atoms with Gasteiger partial charge in [0.25, 0.3) is 0 Å². The summed E-state index contributed by atoms with van der Waals surface area (Å²) in [4.78, 5) is 7.62. The maximum Gasteiger partial charge on any atom is 0.231 e. The predicted molar refractivity (Wildman–Crippen MR) is 78.9 cm³/mol. The zero-order chi connectivity index (χ0) is 13.9. The first-order valence-electron chi connectivity index (χ1n) is 6.48.